The molecular weight excluding hydrogens is 354 g/mol. The lowest BCUT2D eigenvalue weighted by Crippen LogP contribution is -2.44. The van der Waals surface area contributed by atoms with Crippen molar-refractivity contribution < 1.29 is 23.9 Å². The number of anilines is 1. The van der Waals surface area contributed by atoms with Gasteiger partial charge in [-0.15, -0.1) is 0 Å². The fourth-order valence-electron chi connectivity index (χ4n) is 3.46. The molecule has 10 heteroatoms. The van der Waals surface area contributed by atoms with Gasteiger partial charge in [0.05, 0.1) is 6.20 Å². The van der Waals surface area contributed by atoms with Crippen LogP contribution in [0.2, 0.25) is 0 Å². The van der Waals surface area contributed by atoms with Crippen molar-refractivity contribution in [2.45, 2.75) is 51.1 Å². The summed E-state index contributed by atoms with van der Waals surface area (Å²) in [4.78, 5) is 49.3. The number of urea groups is 1. The molecule has 1 spiro atoms. The lowest BCUT2D eigenvalue weighted by molar-refractivity contribution is -0.150. The zero-order chi connectivity index (χ0) is 19.6. The van der Waals surface area contributed by atoms with Gasteiger partial charge < -0.3 is 15.4 Å². The molecule has 146 valence electrons. The van der Waals surface area contributed by atoms with Crippen molar-refractivity contribution in [3.05, 3.63) is 12.3 Å². The van der Waals surface area contributed by atoms with Crippen LogP contribution in [0.1, 0.15) is 45.6 Å². The molecule has 0 bridgehead atoms. The summed E-state index contributed by atoms with van der Waals surface area (Å²) in [7, 11) is 0. The fraction of sp³-hybridized carbons (Fsp3) is 0.588. The summed E-state index contributed by atoms with van der Waals surface area (Å²) in [6, 6.07) is 1.10. The van der Waals surface area contributed by atoms with Gasteiger partial charge in [0.15, 0.2) is 6.61 Å². The Balaban J connectivity index is 1.49. The van der Waals surface area contributed by atoms with Crippen LogP contribution >= 0.6 is 0 Å². The summed E-state index contributed by atoms with van der Waals surface area (Å²) in [6.45, 7) is 2.80. The molecule has 0 unspecified atom stereocenters. The summed E-state index contributed by atoms with van der Waals surface area (Å²) in [5.74, 6) is -1.26. The lowest BCUT2D eigenvalue weighted by Gasteiger charge is -2.19. The number of carbonyl (C=O) groups excluding carboxylic acids is 4. The average Bonchev–Trinajstić information content (AvgIpc) is 3.31. The van der Waals surface area contributed by atoms with E-state index < -0.39 is 42.5 Å². The lowest BCUT2D eigenvalue weighted by atomic mass is 9.98. The number of rotatable bonds is 6. The van der Waals surface area contributed by atoms with Crippen molar-refractivity contribution >= 4 is 29.6 Å². The third-order valence-electron chi connectivity index (χ3n) is 4.78. The van der Waals surface area contributed by atoms with E-state index >= 15 is 0 Å². The molecule has 2 aliphatic rings. The van der Waals surface area contributed by atoms with Gasteiger partial charge >= 0.3 is 12.0 Å². The van der Waals surface area contributed by atoms with Crippen LogP contribution in [0.4, 0.5) is 10.6 Å². The SMILES string of the molecule is CC(C)n1nccc1NC(=O)COC(=O)CN1C(=O)NC2(CCCC2)C1=O. The first-order valence-electron chi connectivity index (χ1n) is 8.95. The van der Waals surface area contributed by atoms with Gasteiger partial charge in [0, 0.05) is 12.1 Å². The van der Waals surface area contributed by atoms with E-state index in [1.165, 1.54) is 0 Å². The minimum Gasteiger partial charge on any atom is -0.454 e. The molecule has 1 saturated heterocycles. The second-order valence-corrected chi connectivity index (χ2v) is 7.07. The number of nitrogens with zero attached hydrogens (tertiary/aromatic N) is 3. The van der Waals surface area contributed by atoms with Crippen LogP contribution in [0.5, 0.6) is 0 Å². The van der Waals surface area contributed by atoms with Gasteiger partial charge in [0.25, 0.3) is 11.8 Å². The Morgan fingerprint density at radius 2 is 2.04 bits per heavy atom. The van der Waals surface area contributed by atoms with Crippen LogP contribution in [-0.4, -0.2) is 57.2 Å². The van der Waals surface area contributed by atoms with Gasteiger partial charge in [0.2, 0.25) is 0 Å². The molecule has 1 aliphatic heterocycles. The second kappa shape index (κ2) is 7.37. The molecule has 0 aromatic carbocycles. The van der Waals surface area contributed by atoms with Crippen LogP contribution < -0.4 is 10.6 Å². The Morgan fingerprint density at radius 1 is 1.33 bits per heavy atom. The number of ether oxygens (including phenoxy) is 1. The van der Waals surface area contributed by atoms with Crippen molar-refractivity contribution in [2.75, 3.05) is 18.5 Å². The average molecular weight is 377 g/mol. The summed E-state index contributed by atoms with van der Waals surface area (Å²) in [5.41, 5.74) is -0.871. The van der Waals surface area contributed by atoms with E-state index in [1.807, 2.05) is 13.8 Å². The molecule has 1 aromatic rings. The Morgan fingerprint density at radius 3 is 2.70 bits per heavy atom. The number of hydrogen-bond donors (Lipinski definition) is 2. The monoisotopic (exact) mass is 377 g/mol. The summed E-state index contributed by atoms with van der Waals surface area (Å²) < 4.78 is 6.53. The Hall–Kier alpha value is -2.91. The molecule has 2 fully saturated rings. The van der Waals surface area contributed by atoms with E-state index in [-0.39, 0.29) is 6.04 Å². The molecule has 1 saturated carbocycles. The Labute approximate surface area is 156 Å². The zero-order valence-corrected chi connectivity index (χ0v) is 15.4. The van der Waals surface area contributed by atoms with Crippen LogP contribution in [0.15, 0.2) is 12.3 Å². The maximum Gasteiger partial charge on any atom is 0.326 e. The standard InChI is InChI=1S/C17H23N5O5/c1-11(2)22-12(5-8-18-22)19-13(23)10-27-14(24)9-21-15(25)17(20-16(21)26)6-3-4-7-17/h5,8,11H,3-4,6-7,9-10H2,1-2H3,(H,19,23)(H,20,26). The molecule has 1 aromatic heterocycles. The van der Waals surface area contributed by atoms with Crippen LogP contribution in [0.3, 0.4) is 0 Å². The summed E-state index contributed by atoms with van der Waals surface area (Å²) in [5, 5.41) is 9.38. The number of amides is 4. The smallest absolute Gasteiger partial charge is 0.326 e. The molecule has 2 heterocycles. The highest BCUT2D eigenvalue weighted by atomic mass is 16.5. The predicted octanol–water partition coefficient (Wildman–Crippen LogP) is 0.810. The molecule has 4 amide bonds. The van der Waals surface area contributed by atoms with Crippen molar-refractivity contribution in [3.63, 3.8) is 0 Å². The van der Waals surface area contributed by atoms with Crippen LogP contribution in [0, 0.1) is 0 Å². The third kappa shape index (κ3) is 3.79. The highest BCUT2D eigenvalue weighted by molar-refractivity contribution is 6.09. The Bertz CT molecular complexity index is 766. The third-order valence-corrected chi connectivity index (χ3v) is 4.78. The van der Waals surface area contributed by atoms with E-state index in [0.717, 1.165) is 17.7 Å². The van der Waals surface area contributed by atoms with Gasteiger partial charge in [-0.2, -0.15) is 5.10 Å². The highest BCUT2D eigenvalue weighted by Gasteiger charge is 2.52. The second-order valence-electron chi connectivity index (χ2n) is 7.07. The first-order valence-corrected chi connectivity index (χ1v) is 8.95. The Kier molecular flexibility index (Phi) is 5.15. The molecule has 0 radical (unpaired) electrons. The molecule has 10 nitrogen and oxygen atoms in total. The minimum atomic E-state index is -0.871. The number of esters is 1. The molecule has 27 heavy (non-hydrogen) atoms. The quantitative estimate of drug-likeness (QED) is 0.559. The van der Waals surface area contributed by atoms with E-state index in [0.29, 0.717) is 18.7 Å². The van der Waals surface area contributed by atoms with Crippen LogP contribution in [-0.2, 0) is 19.1 Å². The van der Waals surface area contributed by atoms with Gasteiger partial charge in [-0.1, -0.05) is 12.8 Å². The number of hydrogen-bond acceptors (Lipinski definition) is 6. The largest absolute Gasteiger partial charge is 0.454 e. The molecule has 1 aliphatic carbocycles. The summed E-state index contributed by atoms with van der Waals surface area (Å²) >= 11 is 0. The number of nitrogens with one attached hydrogen (secondary N) is 2. The predicted molar refractivity (Wildman–Crippen MR) is 93.6 cm³/mol. The normalized spacial score (nSPS) is 18.3. The highest BCUT2D eigenvalue weighted by Crippen LogP contribution is 2.34. The van der Waals surface area contributed by atoms with E-state index in [4.69, 9.17) is 4.74 Å². The maximum absolute atomic E-state index is 12.5. The van der Waals surface area contributed by atoms with Crippen molar-refractivity contribution in [1.29, 1.82) is 0 Å². The van der Waals surface area contributed by atoms with Gasteiger partial charge in [-0.3, -0.25) is 19.3 Å². The number of aromatic nitrogens is 2. The van der Waals surface area contributed by atoms with Gasteiger partial charge in [-0.05, 0) is 26.7 Å². The van der Waals surface area contributed by atoms with E-state index in [1.54, 1.807) is 16.9 Å². The molecular formula is C17H23N5O5. The van der Waals surface area contributed by atoms with Crippen molar-refractivity contribution in [1.82, 2.24) is 20.0 Å². The van der Waals surface area contributed by atoms with E-state index in [2.05, 4.69) is 15.7 Å². The first kappa shape index (κ1) is 18.9. The zero-order valence-electron chi connectivity index (χ0n) is 15.4. The van der Waals surface area contributed by atoms with Crippen LogP contribution in [0.25, 0.3) is 0 Å². The molecule has 2 N–H and O–H groups in total. The summed E-state index contributed by atoms with van der Waals surface area (Å²) in [6.07, 6.45) is 4.43. The van der Waals surface area contributed by atoms with E-state index in [9.17, 15) is 19.2 Å². The fourth-order valence-corrected chi connectivity index (χ4v) is 3.46. The number of imide groups is 1. The topological polar surface area (TPSA) is 123 Å². The van der Waals surface area contributed by atoms with Gasteiger partial charge in [-0.25, -0.2) is 9.48 Å². The maximum atomic E-state index is 12.5. The number of carbonyl (C=O) groups is 4. The molecule has 0 atom stereocenters. The first-order chi connectivity index (χ1) is 12.8. The molecule has 3 rings (SSSR count). The van der Waals surface area contributed by atoms with Crippen molar-refractivity contribution in [2.24, 2.45) is 0 Å². The van der Waals surface area contributed by atoms with Crippen molar-refractivity contribution in [3.8, 4) is 0 Å². The van der Waals surface area contributed by atoms with Gasteiger partial charge in [0.1, 0.15) is 17.9 Å². The minimum absolute atomic E-state index is 0.0560.